The Morgan fingerprint density at radius 1 is 0.488 bits per heavy atom. The Hall–Kier alpha value is -7.50. The van der Waals surface area contributed by atoms with Gasteiger partial charge in [0.1, 0.15) is 102 Å². The lowest BCUT2D eigenvalue weighted by molar-refractivity contribution is -0.411. The highest BCUT2D eigenvalue weighted by molar-refractivity contribution is 6.62. The van der Waals surface area contributed by atoms with Gasteiger partial charge in [-0.25, -0.2) is 24.0 Å². The highest BCUT2D eigenvalue weighted by Crippen LogP contribution is 2.33. The topological polar surface area (TPSA) is 477 Å². The summed E-state index contributed by atoms with van der Waals surface area (Å²) in [5.74, 6) is -1.17. The average Bonchev–Trinajstić information content (AvgIpc) is 1.41. The Labute approximate surface area is 735 Å². The molecule has 680 valence electrons. The Morgan fingerprint density at radius 2 is 0.810 bits per heavy atom. The predicted molar refractivity (Wildman–Crippen MR) is 446 cm³/mol. The highest BCUT2D eigenvalue weighted by atomic mass is 35.5. The number of anilines is 1. The SMILES string of the molecule is CC(=O)Cl.CC(C)(C)OC(=O)N[C@@H](CC1CCCCC1)C(=O)O.C[C@@H]1OCC(=O)[C@H]1NC(=O)[C@@H]([NH3+])CC1CCCCC1.C[C@@H]1OCC(=O)[C@H]1NC(=O)[C@H](CC1CCCCC1)NC(=O)OC(C)(C)C.C[C@@H]1OCC(=O)[C@H]1NC(=O)[C@H](CC1CCCCC1)Nc1nc(=O)oc2ccccc12.C[C@@H]1OCC(=O)[C@H]1[NH3+].Cl.O=c1nc(Cl)c2ccccc2o1.[Cl-].[Cl-]. The zero-order valence-electron chi connectivity index (χ0n) is 71.4. The van der Waals surface area contributed by atoms with Gasteiger partial charge < -0.3 is 111 Å². The fourth-order valence-electron chi connectivity index (χ4n) is 15.1. The molecule has 13 N–H and O–H groups in total. The van der Waals surface area contributed by atoms with Crippen LogP contribution < -0.4 is 79.7 Å². The number of carbonyl (C=O) groups is 11. The predicted octanol–water partition coefficient (Wildman–Crippen LogP) is 3.34. The first-order chi connectivity index (χ1) is 55.7. The standard InChI is InChI=1S/C22H27N3O5.C19H32N2O5.C14H24N2O3.C14H25NO4.C8H4ClNO2.C5H9NO2.C2H3ClO.3ClH/c1-13-19(17(26)12-29-13)24-21(27)16(11-14-7-3-2-4-8-14)23-20-15-9-5-6-10-18(15)30-22(28)25-20;1-12-16(15(22)11-25-12)21-17(23)14(10-13-8-6-5-7-9-13)20-18(24)26-19(2,3)4;1-9-13(12(17)8-19-9)16-14(18)11(15)7-10-5-3-2-4-6-10;1-14(2,3)19-13(18)15-11(12(16)17)9-10-7-5-4-6-8-10;9-7-5-3-1-2-4-6(5)12-8(11)10-7;1-3-5(6)4(7)2-8-3;1-2(3)4;;;/h5-6,9-10,13-14,16,19H,2-4,7-8,11-12H2,1H3,(H,24,27)(H,23,25,28);12-14,16H,5-11H2,1-4H3,(H,20,24)(H,21,23);9-11,13H,2-8,15H2,1H3,(H,16,18);10-11H,4-9H2,1-3H3,(H,15,18)(H,16,17);1-4H;3,5H,2,6H2,1H3;1H3;3*1H/t13-,16-,19-;12-,14-,16-;9-,11-,13-;11-;;3-,5-;;;;/m0000.0..../s1. The van der Waals surface area contributed by atoms with Crippen molar-refractivity contribution in [3.8, 4) is 0 Å². The Balaban J connectivity index is 0.000000383. The van der Waals surface area contributed by atoms with E-state index in [1.807, 2.05) is 19.9 Å². The molecule has 32 nitrogen and oxygen atoms in total. The molecule has 12 atom stereocenters. The zero-order chi connectivity index (χ0) is 87.0. The van der Waals surface area contributed by atoms with E-state index in [9.17, 15) is 67.4 Å². The summed E-state index contributed by atoms with van der Waals surface area (Å²) >= 11 is 10.3. The van der Waals surface area contributed by atoms with Gasteiger partial charge in [0.25, 0.3) is 5.91 Å². The summed E-state index contributed by atoms with van der Waals surface area (Å²) in [6.07, 6.45) is 23.5. The molecule has 4 aromatic rings. The largest absolute Gasteiger partial charge is 1.00 e. The van der Waals surface area contributed by atoms with E-state index >= 15 is 0 Å². The lowest BCUT2D eigenvalue weighted by Crippen LogP contribution is -3.00. The van der Waals surface area contributed by atoms with Gasteiger partial charge in [-0.3, -0.25) is 38.4 Å². The smallest absolute Gasteiger partial charge is 0.441 e. The van der Waals surface area contributed by atoms with E-state index in [-0.39, 0.29) is 151 Å². The van der Waals surface area contributed by atoms with Crippen molar-refractivity contribution in [2.45, 2.75) is 314 Å². The monoisotopic (exact) mass is 1800 g/mol. The van der Waals surface area contributed by atoms with Crippen LogP contribution >= 0.6 is 35.6 Å². The molecular formula is C84H127Cl5N10O22. The van der Waals surface area contributed by atoms with E-state index in [1.165, 1.54) is 58.3 Å². The van der Waals surface area contributed by atoms with E-state index in [1.54, 1.807) is 97.9 Å². The number of carboxylic acid groups (broad SMARTS) is 1. The minimum atomic E-state index is -0.989. The average molecular weight is 1810 g/mol. The third-order valence-electron chi connectivity index (χ3n) is 21.5. The van der Waals surface area contributed by atoms with Gasteiger partial charge in [0.15, 0.2) is 29.4 Å². The maximum atomic E-state index is 13.2. The van der Waals surface area contributed by atoms with Crippen molar-refractivity contribution in [1.29, 1.82) is 0 Å². The van der Waals surface area contributed by atoms with Crippen molar-refractivity contribution < 1.29 is 131 Å². The zero-order valence-corrected chi connectivity index (χ0v) is 75.2. The molecule has 8 fully saturated rings. The van der Waals surface area contributed by atoms with Crippen LogP contribution in [-0.4, -0.2) is 190 Å². The minimum absolute atomic E-state index is 0. The number of rotatable bonds is 19. The summed E-state index contributed by atoms with van der Waals surface area (Å²) in [5, 5.41) is 27.0. The summed E-state index contributed by atoms with van der Waals surface area (Å²) in [6, 6.07) is 9.69. The van der Waals surface area contributed by atoms with Gasteiger partial charge in [0.2, 0.25) is 22.8 Å². The number of benzene rings is 2. The van der Waals surface area contributed by atoms with Crippen LogP contribution in [0, 0.1) is 23.7 Å². The van der Waals surface area contributed by atoms with Crippen molar-refractivity contribution >= 4 is 128 Å². The second kappa shape index (κ2) is 53.6. The number of fused-ring (bicyclic) bond motifs is 2. The van der Waals surface area contributed by atoms with E-state index in [2.05, 4.69) is 64.9 Å². The molecule has 4 saturated carbocycles. The maximum absolute atomic E-state index is 13.2. The molecule has 4 aliphatic heterocycles. The number of quaternary nitrogens is 2. The number of amides is 5. The number of aromatic nitrogens is 2. The maximum Gasteiger partial charge on any atom is 0.441 e. The van der Waals surface area contributed by atoms with Gasteiger partial charge in [0.05, 0.1) is 29.1 Å². The summed E-state index contributed by atoms with van der Waals surface area (Å²) in [5.41, 5.74) is 7.20. The molecular weight excluding hydrogens is 1680 g/mol. The number of ketones is 4. The van der Waals surface area contributed by atoms with Gasteiger partial charge in [-0.2, -0.15) is 9.97 Å². The molecule has 0 unspecified atom stereocenters. The first-order valence-electron chi connectivity index (χ1n) is 41.5. The summed E-state index contributed by atoms with van der Waals surface area (Å²) in [6.45, 7) is 19.5. The number of hydrogen-bond donors (Lipinski definition) is 9. The summed E-state index contributed by atoms with van der Waals surface area (Å²) < 4.78 is 41.2. The first kappa shape index (κ1) is 108. The normalized spacial score (nSPS) is 22.8. The van der Waals surface area contributed by atoms with E-state index in [0.29, 0.717) is 70.7 Å². The van der Waals surface area contributed by atoms with Crippen LogP contribution in [0.15, 0.2) is 67.0 Å². The van der Waals surface area contributed by atoms with Crippen LogP contribution in [0.25, 0.3) is 21.9 Å². The Morgan fingerprint density at radius 3 is 1.17 bits per heavy atom. The second-order valence-corrected chi connectivity index (χ2v) is 34.5. The van der Waals surface area contributed by atoms with Crippen LogP contribution in [0.5, 0.6) is 0 Å². The molecule has 121 heavy (non-hydrogen) atoms. The first-order valence-corrected chi connectivity index (χ1v) is 42.2. The van der Waals surface area contributed by atoms with Gasteiger partial charge in [0, 0.05) is 13.3 Å². The molecule has 2 aromatic carbocycles. The van der Waals surface area contributed by atoms with E-state index < -0.39 is 77.1 Å². The number of carbonyl (C=O) groups excluding carboxylic acids is 10. The molecule has 4 aliphatic carbocycles. The number of alkyl carbamates (subject to hydrolysis) is 2. The number of aliphatic carboxylic acids is 1. The van der Waals surface area contributed by atoms with E-state index in [4.69, 9.17) is 48.9 Å². The molecule has 37 heteroatoms. The van der Waals surface area contributed by atoms with Crippen molar-refractivity contribution in [2.24, 2.45) is 23.7 Å². The molecule has 0 spiro atoms. The number of Topliss-reactive ketones (excluding diaryl/α,β-unsaturated/α-hetero) is 4. The van der Waals surface area contributed by atoms with Crippen molar-refractivity contribution in [1.82, 2.24) is 36.6 Å². The number of hydrogen-bond acceptors (Lipinski definition) is 24. The lowest BCUT2D eigenvalue weighted by atomic mass is 9.84. The fraction of sp³-hybridized carbons (Fsp3) is 0.679. The van der Waals surface area contributed by atoms with Gasteiger partial charge in [-0.15, -0.1) is 12.4 Å². The number of para-hydroxylation sites is 2. The lowest BCUT2D eigenvalue weighted by Gasteiger charge is -2.28. The van der Waals surface area contributed by atoms with Crippen LogP contribution in [0.3, 0.4) is 0 Å². The minimum Gasteiger partial charge on any atom is -1.00 e. The summed E-state index contributed by atoms with van der Waals surface area (Å²) in [7, 11) is 0. The highest BCUT2D eigenvalue weighted by Gasteiger charge is 2.41. The Kier molecular flexibility index (Phi) is 47.7. The second-order valence-electron chi connectivity index (χ2n) is 33.6. The van der Waals surface area contributed by atoms with Crippen LogP contribution in [0.2, 0.25) is 5.15 Å². The number of carboxylic acids is 1. The van der Waals surface area contributed by atoms with Crippen molar-refractivity contribution in [2.75, 3.05) is 31.7 Å². The van der Waals surface area contributed by atoms with Crippen LogP contribution in [0.4, 0.5) is 15.4 Å². The molecule has 4 saturated heterocycles. The van der Waals surface area contributed by atoms with Gasteiger partial charge in [-0.1, -0.05) is 164 Å². The molecule has 12 rings (SSSR count). The molecule has 0 radical (unpaired) electrons. The molecule has 2 aromatic heterocycles. The molecule has 6 heterocycles. The molecule has 0 bridgehead atoms. The molecule has 5 amide bonds. The van der Waals surface area contributed by atoms with Crippen LogP contribution in [0.1, 0.15) is 230 Å². The third-order valence-corrected chi connectivity index (χ3v) is 21.8. The van der Waals surface area contributed by atoms with Crippen molar-refractivity contribution in [3.63, 3.8) is 0 Å². The van der Waals surface area contributed by atoms with Crippen molar-refractivity contribution in [3.05, 3.63) is 74.8 Å². The number of ether oxygens (including phenoxy) is 6. The summed E-state index contributed by atoms with van der Waals surface area (Å²) in [4.78, 5) is 158. The van der Waals surface area contributed by atoms with Crippen LogP contribution in [-0.2, 0) is 71.6 Å². The Bertz CT molecular complexity index is 4100. The van der Waals surface area contributed by atoms with Gasteiger partial charge >= 0.3 is 29.7 Å². The number of nitrogens with zero attached hydrogens (tertiary/aromatic N) is 2. The molecule has 8 aliphatic rings. The quantitative estimate of drug-likeness (QED) is 0.0608. The fourth-order valence-corrected chi connectivity index (χ4v) is 15.3. The number of halogens is 5. The van der Waals surface area contributed by atoms with Gasteiger partial charge in [-0.05, 0) is 148 Å². The number of nitrogens with one attached hydrogen (secondary N) is 6. The van der Waals surface area contributed by atoms with E-state index in [0.717, 1.165) is 83.5 Å². The third kappa shape index (κ3) is 38.7.